The zero-order valence-electron chi connectivity index (χ0n) is 19.9. The molecule has 2 N–H and O–H groups in total. The Hall–Kier alpha value is -2.35. The lowest BCUT2D eigenvalue weighted by atomic mass is 9.90. The van der Waals surface area contributed by atoms with Crippen molar-refractivity contribution in [2.45, 2.75) is 62.8 Å². The molecule has 1 aromatic carbocycles. The van der Waals surface area contributed by atoms with Crippen LogP contribution in [0, 0.1) is 17.2 Å². The molecule has 3 rings (SSSR count). The molecule has 202 valence electrons. The molecule has 7 nitrogen and oxygen atoms in total. The molecule has 0 bridgehead atoms. The number of piperidine rings is 1. The van der Waals surface area contributed by atoms with Crippen molar-refractivity contribution in [3.05, 3.63) is 29.3 Å². The number of alkyl halides is 6. The van der Waals surface area contributed by atoms with Gasteiger partial charge in [-0.2, -0.15) is 30.6 Å². The van der Waals surface area contributed by atoms with Crippen molar-refractivity contribution in [1.29, 1.82) is 5.41 Å². The zero-order valence-corrected chi connectivity index (χ0v) is 20.7. The maximum atomic E-state index is 13.2. The fraction of sp³-hybridized carbons (Fsp3) is 0.636. The summed E-state index contributed by atoms with van der Waals surface area (Å²) in [7, 11) is -4.63. The van der Waals surface area contributed by atoms with Crippen molar-refractivity contribution in [2.75, 3.05) is 19.6 Å². The molecule has 0 radical (unpaired) electrons. The van der Waals surface area contributed by atoms with Gasteiger partial charge in [-0.1, -0.05) is 13.8 Å². The summed E-state index contributed by atoms with van der Waals surface area (Å²) in [6, 6.07) is 0.304. The molecule has 14 heteroatoms. The molecule has 1 unspecified atom stereocenters. The van der Waals surface area contributed by atoms with E-state index < -0.39 is 43.9 Å². The van der Waals surface area contributed by atoms with Gasteiger partial charge in [0.25, 0.3) is 5.91 Å². The van der Waals surface area contributed by atoms with E-state index in [1.165, 1.54) is 4.90 Å². The largest absolute Gasteiger partial charge is 0.416 e. The van der Waals surface area contributed by atoms with Gasteiger partial charge in [-0.15, -0.1) is 0 Å². The van der Waals surface area contributed by atoms with Crippen LogP contribution in [0.5, 0.6) is 0 Å². The van der Waals surface area contributed by atoms with Gasteiger partial charge in [0.05, 0.1) is 16.0 Å². The number of amides is 1. The van der Waals surface area contributed by atoms with Gasteiger partial charge in [0.15, 0.2) is 5.96 Å². The molecule has 2 saturated heterocycles. The lowest BCUT2D eigenvalue weighted by Crippen LogP contribution is -2.46. The van der Waals surface area contributed by atoms with Crippen LogP contribution in [0.25, 0.3) is 0 Å². The van der Waals surface area contributed by atoms with E-state index in [1.807, 2.05) is 13.8 Å². The molecular weight excluding hydrogens is 514 g/mol. The number of benzene rings is 1. The molecule has 2 heterocycles. The SMILES string of the molecule is CC(C)CC1(C)NC(=N)N(CC2CCN(S(=O)(=O)c3cc(C(F)(F)F)cc(C(F)(F)F)c3)CC2)C1=O. The summed E-state index contributed by atoms with van der Waals surface area (Å²) in [5.41, 5.74) is -4.32. The Labute approximate surface area is 205 Å². The molecule has 2 aliphatic heterocycles. The van der Waals surface area contributed by atoms with E-state index in [9.17, 15) is 39.6 Å². The Bertz CT molecular complexity index is 1100. The molecule has 0 aliphatic carbocycles. The second-order valence-corrected chi connectivity index (χ2v) is 11.8. The predicted octanol–water partition coefficient (Wildman–Crippen LogP) is 4.30. The Morgan fingerprint density at radius 3 is 2.00 bits per heavy atom. The fourth-order valence-corrected chi connectivity index (χ4v) is 6.27. The van der Waals surface area contributed by atoms with Gasteiger partial charge in [-0.3, -0.25) is 15.1 Å². The van der Waals surface area contributed by atoms with Crippen LogP contribution in [-0.2, 0) is 27.2 Å². The number of carbonyl (C=O) groups is 1. The zero-order chi connectivity index (χ0) is 27.3. The normalized spacial score (nSPS) is 23.0. The highest BCUT2D eigenvalue weighted by Gasteiger charge is 2.47. The van der Waals surface area contributed by atoms with E-state index in [4.69, 9.17) is 5.41 Å². The van der Waals surface area contributed by atoms with Crippen molar-refractivity contribution in [3.63, 3.8) is 0 Å². The Balaban J connectivity index is 1.74. The summed E-state index contributed by atoms with van der Waals surface area (Å²) in [5.74, 6) is -0.320. The Morgan fingerprint density at radius 1 is 1.06 bits per heavy atom. The minimum Gasteiger partial charge on any atom is -0.342 e. The number of nitrogens with one attached hydrogen (secondary N) is 2. The summed E-state index contributed by atoms with van der Waals surface area (Å²) < 4.78 is 106. The molecular formula is C22H28F6N4O3S. The quantitative estimate of drug-likeness (QED) is 0.525. The van der Waals surface area contributed by atoms with Crippen LogP contribution in [0.15, 0.2) is 23.1 Å². The molecule has 2 aliphatic rings. The molecule has 2 fully saturated rings. The maximum absolute atomic E-state index is 13.2. The summed E-state index contributed by atoms with van der Waals surface area (Å²) >= 11 is 0. The van der Waals surface area contributed by atoms with E-state index in [2.05, 4.69) is 5.32 Å². The van der Waals surface area contributed by atoms with Crippen LogP contribution >= 0.6 is 0 Å². The summed E-state index contributed by atoms with van der Waals surface area (Å²) in [6.45, 7) is 5.49. The van der Waals surface area contributed by atoms with E-state index in [-0.39, 0.29) is 74.4 Å². The van der Waals surface area contributed by atoms with Crippen LogP contribution in [0.1, 0.15) is 51.2 Å². The average Bonchev–Trinajstić information content (AvgIpc) is 2.94. The third-order valence-electron chi connectivity index (χ3n) is 6.41. The van der Waals surface area contributed by atoms with E-state index in [0.29, 0.717) is 6.42 Å². The topological polar surface area (TPSA) is 93.6 Å². The molecule has 0 aromatic heterocycles. The lowest BCUT2D eigenvalue weighted by molar-refractivity contribution is -0.143. The Morgan fingerprint density at radius 2 is 1.56 bits per heavy atom. The Kier molecular flexibility index (Phi) is 7.45. The summed E-state index contributed by atoms with van der Waals surface area (Å²) in [5, 5.41) is 11.1. The van der Waals surface area contributed by atoms with Gasteiger partial charge in [0.2, 0.25) is 10.0 Å². The van der Waals surface area contributed by atoms with Gasteiger partial charge >= 0.3 is 12.4 Å². The minimum atomic E-state index is -5.16. The number of halogens is 6. The van der Waals surface area contributed by atoms with Crippen molar-refractivity contribution in [2.24, 2.45) is 11.8 Å². The van der Waals surface area contributed by atoms with Crippen LogP contribution in [0.3, 0.4) is 0 Å². The molecule has 36 heavy (non-hydrogen) atoms. The lowest BCUT2D eigenvalue weighted by Gasteiger charge is -2.33. The smallest absolute Gasteiger partial charge is 0.342 e. The minimum absolute atomic E-state index is 0.0538. The second-order valence-electron chi connectivity index (χ2n) is 9.91. The number of guanidine groups is 1. The maximum Gasteiger partial charge on any atom is 0.416 e. The highest BCUT2D eigenvalue weighted by Crippen LogP contribution is 2.38. The summed E-state index contributed by atoms with van der Waals surface area (Å²) in [6.07, 6.45) is -9.37. The van der Waals surface area contributed by atoms with E-state index >= 15 is 0 Å². The van der Waals surface area contributed by atoms with E-state index in [0.717, 1.165) is 4.31 Å². The molecule has 1 aromatic rings. The average molecular weight is 543 g/mol. The number of rotatable bonds is 6. The summed E-state index contributed by atoms with van der Waals surface area (Å²) in [4.78, 5) is 13.1. The fourth-order valence-electron chi connectivity index (χ4n) is 4.73. The van der Waals surface area contributed by atoms with Gasteiger partial charge in [-0.05, 0) is 56.2 Å². The highest BCUT2D eigenvalue weighted by molar-refractivity contribution is 7.89. The molecule has 1 amide bonds. The molecule has 0 spiro atoms. The standard InChI is InChI=1S/C22H28F6N4O3S/c1-13(2)11-20(3)18(33)32(19(29)30-20)12-14-4-6-31(7-5-14)36(34,35)17-9-15(21(23,24)25)8-16(10-17)22(26,27)28/h8-10,13-14H,4-7,11-12H2,1-3H3,(H2,29,30). The first-order chi connectivity index (χ1) is 16.3. The van der Waals surface area contributed by atoms with Crippen LogP contribution in [-0.4, -0.2) is 54.7 Å². The monoisotopic (exact) mass is 542 g/mol. The van der Waals surface area contributed by atoms with Crippen LogP contribution in [0.2, 0.25) is 0 Å². The van der Waals surface area contributed by atoms with Gasteiger partial charge in [-0.25, -0.2) is 8.42 Å². The third kappa shape index (κ3) is 5.79. The van der Waals surface area contributed by atoms with Gasteiger partial charge in [0.1, 0.15) is 5.54 Å². The van der Waals surface area contributed by atoms with Gasteiger partial charge in [0, 0.05) is 19.6 Å². The first-order valence-electron chi connectivity index (χ1n) is 11.3. The van der Waals surface area contributed by atoms with Crippen LogP contribution < -0.4 is 5.32 Å². The second kappa shape index (κ2) is 9.51. The first-order valence-corrected chi connectivity index (χ1v) is 12.8. The van der Waals surface area contributed by atoms with Crippen molar-refractivity contribution >= 4 is 21.9 Å². The van der Waals surface area contributed by atoms with Crippen molar-refractivity contribution in [3.8, 4) is 0 Å². The van der Waals surface area contributed by atoms with Gasteiger partial charge < -0.3 is 5.32 Å². The highest BCUT2D eigenvalue weighted by atomic mass is 32.2. The number of nitrogens with zero attached hydrogens (tertiary/aromatic N) is 2. The number of sulfonamides is 1. The third-order valence-corrected chi connectivity index (χ3v) is 8.29. The van der Waals surface area contributed by atoms with E-state index in [1.54, 1.807) is 6.92 Å². The van der Waals surface area contributed by atoms with Crippen LogP contribution in [0.4, 0.5) is 26.3 Å². The van der Waals surface area contributed by atoms with Crippen molar-refractivity contribution in [1.82, 2.24) is 14.5 Å². The predicted molar refractivity (Wildman–Crippen MR) is 118 cm³/mol. The molecule has 1 atom stereocenters. The number of hydrogen-bond donors (Lipinski definition) is 2. The first kappa shape index (κ1) is 28.2. The number of hydrogen-bond acceptors (Lipinski definition) is 4. The number of carbonyl (C=O) groups excluding carboxylic acids is 1. The van der Waals surface area contributed by atoms with Crippen molar-refractivity contribution < 1.29 is 39.6 Å². The molecule has 0 saturated carbocycles.